The molecule has 5 rings (SSSR count). The zero-order valence-electron chi connectivity index (χ0n) is 24.2. The van der Waals surface area contributed by atoms with Gasteiger partial charge in [-0.2, -0.15) is 18.3 Å². The smallest absolute Gasteiger partial charge is 0.382 e. The normalized spacial score (nSPS) is 20.3. The fourth-order valence-electron chi connectivity index (χ4n) is 5.93. The molecule has 0 bridgehead atoms. The fraction of sp³-hybridized carbons (Fsp3) is 0.586. The van der Waals surface area contributed by atoms with Crippen LogP contribution in [0.2, 0.25) is 0 Å². The second kappa shape index (κ2) is 12.1. The summed E-state index contributed by atoms with van der Waals surface area (Å²) in [4.78, 5) is 40.4. The number of amides is 4. The van der Waals surface area contributed by atoms with E-state index in [-0.39, 0.29) is 41.7 Å². The first-order valence-corrected chi connectivity index (χ1v) is 14.5. The summed E-state index contributed by atoms with van der Waals surface area (Å²) in [5.41, 5.74) is 0.369. The monoisotopic (exact) mass is 608 g/mol. The second-order valence-electron chi connectivity index (χ2n) is 11.9. The summed E-state index contributed by atoms with van der Waals surface area (Å²) in [5.74, 6) is -1.36. The standard InChI is InChI=1S/C29H36F4N6O4/c1-15(2)39-21(10-11-34-39)26(40)37-25(24(16-4-5-16)17-6-7-17)27(41)35-20-9-8-18(12-19(20)30)22(14-43-3)38-13-23(29(31,32)33)36-28(38)42/h8-12,15-17,22-25H,4-7,13-14H2,1-3H3,(H,35,41)(H,36,42)(H,37,40)/t22-,23-,25-/m0/s1. The van der Waals surface area contributed by atoms with Crippen LogP contribution in [0.1, 0.15) is 67.7 Å². The largest absolute Gasteiger partial charge is 0.410 e. The number of methoxy groups -OCH3 is 1. The Kier molecular flexibility index (Phi) is 8.68. The highest BCUT2D eigenvalue weighted by molar-refractivity contribution is 6.01. The Balaban J connectivity index is 1.35. The highest BCUT2D eigenvalue weighted by Crippen LogP contribution is 2.51. The van der Waals surface area contributed by atoms with E-state index in [2.05, 4.69) is 15.7 Å². The Hall–Kier alpha value is -3.68. The van der Waals surface area contributed by atoms with Crippen LogP contribution in [-0.4, -0.2) is 71.0 Å². The predicted molar refractivity (Wildman–Crippen MR) is 148 cm³/mol. The maximum Gasteiger partial charge on any atom is 0.410 e. The Bertz CT molecular complexity index is 1340. The number of hydrogen-bond donors (Lipinski definition) is 3. The second-order valence-corrected chi connectivity index (χ2v) is 11.9. The van der Waals surface area contributed by atoms with Gasteiger partial charge in [-0.15, -0.1) is 0 Å². The SMILES string of the molecule is COC[C@@H](c1ccc(NC(=O)[C@@H](NC(=O)c2ccnn2C(C)C)C(C2CC2)C2CC2)c(F)c1)N1C[C@@H](C(F)(F)F)NC1=O. The number of carbonyl (C=O) groups is 3. The van der Waals surface area contributed by atoms with Crippen LogP contribution in [0.15, 0.2) is 30.5 Å². The zero-order valence-corrected chi connectivity index (χ0v) is 24.2. The highest BCUT2D eigenvalue weighted by atomic mass is 19.4. The van der Waals surface area contributed by atoms with Crippen molar-refractivity contribution in [3.63, 3.8) is 0 Å². The van der Waals surface area contributed by atoms with Crippen molar-refractivity contribution in [2.75, 3.05) is 25.6 Å². The minimum absolute atomic E-state index is 0.0776. The number of anilines is 1. The molecule has 14 heteroatoms. The number of carbonyl (C=O) groups excluding carboxylic acids is 3. The molecule has 3 N–H and O–H groups in total. The third kappa shape index (κ3) is 6.78. The summed E-state index contributed by atoms with van der Waals surface area (Å²) in [7, 11) is 1.33. The van der Waals surface area contributed by atoms with E-state index < -0.39 is 54.5 Å². The number of nitrogens with one attached hydrogen (secondary N) is 3. The molecule has 2 heterocycles. The van der Waals surface area contributed by atoms with Crippen LogP contribution in [0, 0.1) is 23.6 Å². The van der Waals surface area contributed by atoms with Gasteiger partial charge in [0.05, 0.1) is 24.9 Å². The molecule has 3 atom stereocenters. The molecule has 1 aliphatic heterocycles. The molecule has 0 spiro atoms. The van der Waals surface area contributed by atoms with Crippen molar-refractivity contribution in [3.8, 4) is 0 Å². The molecule has 3 aliphatic rings. The van der Waals surface area contributed by atoms with Crippen molar-refractivity contribution < 1.29 is 36.7 Å². The predicted octanol–water partition coefficient (Wildman–Crippen LogP) is 4.42. The first kappa shape index (κ1) is 30.8. The molecule has 1 aromatic carbocycles. The number of ether oxygens (including phenoxy) is 1. The van der Waals surface area contributed by atoms with E-state index >= 15 is 4.39 Å². The summed E-state index contributed by atoms with van der Waals surface area (Å²) in [6.07, 6.45) is 0.691. The highest BCUT2D eigenvalue weighted by Gasteiger charge is 2.50. The average molecular weight is 609 g/mol. The van der Waals surface area contributed by atoms with Crippen LogP contribution in [0.3, 0.4) is 0 Å². The summed E-state index contributed by atoms with van der Waals surface area (Å²) in [6.45, 7) is 2.95. The van der Waals surface area contributed by atoms with Gasteiger partial charge < -0.3 is 25.6 Å². The van der Waals surface area contributed by atoms with Crippen LogP contribution in [0.25, 0.3) is 0 Å². The first-order chi connectivity index (χ1) is 20.4. The summed E-state index contributed by atoms with van der Waals surface area (Å²) in [6, 6.07) is 0.416. The number of hydrogen-bond acceptors (Lipinski definition) is 5. The number of urea groups is 1. The van der Waals surface area contributed by atoms with Crippen LogP contribution in [-0.2, 0) is 9.53 Å². The molecule has 10 nitrogen and oxygen atoms in total. The van der Waals surface area contributed by atoms with Gasteiger partial charge in [0.25, 0.3) is 5.91 Å². The minimum Gasteiger partial charge on any atom is -0.382 e. The number of aromatic nitrogens is 2. The van der Waals surface area contributed by atoms with Gasteiger partial charge in [0.1, 0.15) is 23.6 Å². The molecular weight excluding hydrogens is 572 g/mol. The van der Waals surface area contributed by atoms with Crippen LogP contribution < -0.4 is 16.0 Å². The lowest BCUT2D eigenvalue weighted by Gasteiger charge is -2.28. The van der Waals surface area contributed by atoms with Crippen molar-refractivity contribution in [1.29, 1.82) is 0 Å². The number of nitrogens with zero attached hydrogens (tertiary/aromatic N) is 3. The van der Waals surface area contributed by atoms with Crippen LogP contribution >= 0.6 is 0 Å². The van der Waals surface area contributed by atoms with Gasteiger partial charge in [0, 0.05) is 19.3 Å². The molecular formula is C29H36F4N6O4. The summed E-state index contributed by atoms with van der Waals surface area (Å²) < 4.78 is 61.9. The molecule has 0 radical (unpaired) electrons. The molecule has 1 aromatic heterocycles. The van der Waals surface area contributed by atoms with E-state index in [0.29, 0.717) is 5.69 Å². The van der Waals surface area contributed by atoms with E-state index in [1.54, 1.807) is 10.7 Å². The average Bonchev–Trinajstić information content (AvgIpc) is 3.87. The third-order valence-electron chi connectivity index (χ3n) is 8.35. The lowest BCUT2D eigenvalue weighted by Crippen LogP contribution is -2.50. The number of alkyl halides is 3. The molecule has 2 aromatic rings. The van der Waals surface area contributed by atoms with Gasteiger partial charge in [-0.05, 0) is 81.0 Å². The zero-order chi connectivity index (χ0) is 31.1. The van der Waals surface area contributed by atoms with E-state index in [1.807, 2.05) is 19.2 Å². The first-order valence-electron chi connectivity index (χ1n) is 14.5. The minimum atomic E-state index is -4.64. The third-order valence-corrected chi connectivity index (χ3v) is 8.35. The Labute approximate surface area is 246 Å². The molecule has 234 valence electrons. The van der Waals surface area contributed by atoms with Crippen molar-refractivity contribution in [3.05, 3.63) is 47.5 Å². The Morgan fingerprint density at radius 2 is 1.81 bits per heavy atom. The molecule has 0 unspecified atom stereocenters. The van der Waals surface area contributed by atoms with Gasteiger partial charge in [-0.3, -0.25) is 14.3 Å². The fourth-order valence-corrected chi connectivity index (χ4v) is 5.93. The van der Waals surface area contributed by atoms with Crippen LogP contribution in [0.5, 0.6) is 0 Å². The maximum atomic E-state index is 15.4. The summed E-state index contributed by atoms with van der Waals surface area (Å²) in [5, 5.41) is 11.6. The lowest BCUT2D eigenvalue weighted by atomic mass is 9.88. The van der Waals surface area contributed by atoms with Crippen LogP contribution in [0.4, 0.5) is 28.0 Å². The maximum absolute atomic E-state index is 15.4. The molecule has 4 amide bonds. The quantitative estimate of drug-likeness (QED) is 0.309. The Morgan fingerprint density at radius 3 is 2.35 bits per heavy atom. The molecule has 3 fully saturated rings. The van der Waals surface area contributed by atoms with Crippen molar-refractivity contribution in [2.45, 2.75) is 69.9 Å². The van der Waals surface area contributed by atoms with Crippen molar-refractivity contribution >= 4 is 23.5 Å². The topological polar surface area (TPSA) is 118 Å². The van der Waals surface area contributed by atoms with E-state index in [4.69, 9.17) is 4.74 Å². The molecule has 2 saturated carbocycles. The molecule has 1 saturated heterocycles. The van der Waals surface area contributed by atoms with Crippen molar-refractivity contribution in [1.82, 2.24) is 25.3 Å². The summed E-state index contributed by atoms with van der Waals surface area (Å²) >= 11 is 0. The van der Waals surface area contributed by atoms with Crippen molar-refractivity contribution in [2.24, 2.45) is 17.8 Å². The van der Waals surface area contributed by atoms with E-state index in [9.17, 15) is 27.6 Å². The van der Waals surface area contributed by atoms with Gasteiger partial charge >= 0.3 is 12.2 Å². The van der Waals surface area contributed by atoms with E-state index in [1.165, 1.54) is 25.4 Å². The Morgan fingerprint density at radius 1 is 1.14 bits per heavy atom. The molecule has 43 heavy (non-hydrogen) atoms. The van der Waals surface area contributed by atoms with Gasteiger partial charge in [0.2, 0.25) is 5.91 Å². The number of benzene rings is 1. The van der Waals surface area contributed by atoms with Gasteiger partial charge in [-0.1, -0.05) is 6.07 Å². The number of rotatable bonds is 12. The van der Waals surface area contributed by atoms with E-state index in [0.717, 1.165) is 36.6 Å². The lowest BCUT2D eigenvalue weighted by molar-refractivity contribution is -0.150. The molecule has 2 aliphatic carbocycles. The van der Waals surface area contributed by atoms with Gasteiger partial charge in [0.15, 0.2) is 0 Å². The number of halogens is 4. The van der Waals surface area contributed by atoms with Gasteiger partial charge in [-0.25, -0.2) is 9.18 Å².